The van der Waals surface area contributed by atoms with Crippen molar-refractivity contribution in [1.29, 1.82) is 0 Å². The van der Waals surface area contributed by atoms with Crippen molar-refractivity contribution in [1.82, 2.24) is 19.4 Å². The van der Waals surface area contributed by atoms with Crippen molar-refractivity contribution in [3.8, 4) is 0 Å². The molecule has 0 saturated heterocycles. The number of benzene rings is 1. The van der Waals surface area contributed by atoms with Gasteiger partial charge in [0.25, 0.3) is 5.56 Å². The zero-order valence-electron chi connectivity index (χ0n) is 16.0. The van der Waals surface area contributed by atoms with Gasteiger partial charge in [0.05, 0.1) is 12.2 Å². The third-order valence-electron chi connectivity index (χ3n) is 5.20. The Morgan fingerprint density at radius 1 is 1.12 bits per heavy atom. The van der Waals surface area contributed by atoms with Gasteiger partial charge in [-0.1, -0.05) is 44.2 Å². The molecule has 5 heteroatoms. The summed E-state index contributed by atoms with van der Waals surface area (Å²) >= 11 is 0. The number of aromatic nitrogens is 2. The van der Waals surface area contributed by atoms with Crippen molar-refractivity contribution >= 4 is 0 Å². The molecule has 0 saturated carbocycles. The van der Waals surface area contributed by atoms with Gasteiger partial charge in [0.1, 0.15) is 5.82 Å². The highest BCUT2D eigenvalue weighted by Crippen LogP contribution is 2.11. The van der Waals surface area contributed by atoms with Crippen molar-refractivity contribution in [2.75, 3.05) is 26.2 Å². The van der Waals surface area contributed by atoms with Crippen LogP contribution in [0.25, 0.3) is 0 Å². The summed E-state index contributed by atoms with van der Waals surface area (Å²) in [7, 11) is 0. The molecule has 0 unspecified atom stereocenters. The van der Waals surface area contributed by atoms with E-state index in [9.17, 15) is 4.79 Å². The molecule has 1 aromatic carbocycles. The van der Waals surface area contributed by atoms with Crippen LogP contribution in [0.15, 0.2) is 41.2 Å². The first kappa shape index (κ1) is 18.8. The van der Waals surface area contributed by atoms with E-state index in [4.69, 9.17) is 4.98 Å². The molecule has 0 bridgehead atoms. The Balaban J connectivity index is 1.73. The zero-order chi connectivity index (χ0) is 18.4. The quantitative estimate of drug-likeness (QED) is 0.766. The Hall–Kier alpha value is -1.98. The standard InChI is InChI=1S/C21H30N4O/c1-3-23(4-2)16-19-15-21(26)25-13-8-12-24(17-20(25)22-19)14-11-18-9-6-5-7-10-18/h5-7,9-10,15H,3-4,8,11-14,16-17H2,1-2H3. The molecule has 140 valence electrons. The van der Waals surface area contributed by atoms with E-state index in [1.54, 1.807) is 6.07 Å². The largest absolute Gasteiger partial charge is 0.298 e. The fourth-order valence-electron chi connectivity index (χ4n) is 3.58. The van der Waals surface area contributed by atoms with Crippen LogP contribution in [0.2, 0.25) is 0 Å². The Kier molecular flexibility index (Phi) is 6.58. The second-order valence-electron chi connectivity index (χ2n) is 6.98. The minimum Gasteiger partial charge on any atom is -0.298 e. The maximum Gasteiger partial charge on any atom is 0.253 e. The maximum atomic E-state index is 12.6. The highest BCUT2D eigenvalue weighted by molar-refractivity contribution is 5.15. The number of fused-ring (bicyclic) bond motifs is 1. The molecule has 26 heavy (non-hydrogen) atoms. The average Bonchev–Trinajstić information content (AvgIpc) is 2.87. The van der Waals surface area contributed by atoms with E-state index >= 15 is 0 Å². The van der Waals surface area contributed by atoms with E-state index in [0.717, 1.165) is 70.2 Å². The van der Waals surface area contributed by atoms with Gasteiger partial charge < -0.3 is 0 Å². The third kappa shape index (κ3) is 4.80. The van der Waals surface area contributed by atoms with E-state index in [2.05, 4.69) is 54.0 Å². The molecule has 1 aliphatic heterocycles. The Morgan fingerprint density at radius 3 is 2.62 bits per heavy atom. The molecule has 0 fully saturated rings. The van der Waals surface area contributed by atoms with Crippen LogP contribution in [-0.4, -0.2) is 45.5 Å². The molecule has 0 radical (unpaired) electrons. The molecular formula is C21H30N4O. The fraction of sp³-hybridized carbons (Fsp3) is 0.524. The van der Waals surface area contributed by atoms with Crippen molar-refractivity contribution in [2.24, 2.45) is 0 Å². The highest BCUT2D eigenvalue weighted by Gasteiger charge is 2.17. The first-order chi connectivity index (χ1) is 12.7. The minimum atomic E-state index is 0.0991. The van der Waals surface area contributed by atoms with Gasteiger partial charge in [0, 0.05) is 32.2 Å². The van der Waals surface area contributed by atoms with Crippen LogP contribution in [0.3, 0.4) is 0 Å². The maximum absolute atomic E-state index is 12.6. The molecule has 5 nitrogen and oxygen atoms in total. The Bertz CT molecular complexity index is 752. The fourth-order valence-corrected chi connectivity index (χ4v) is 3.58. The lowest BCUT2D eigenvalue weighted by Crippen LogP contribution is -2.30. The van der Waals surface area contributed by atoms with E-state index in [1.807, 2.05) is 4.57 Å². The Morgan fingerprint density at radius 2 is 1.88 bits per heavy atom. The van der Waals surface area contributed by atoms with Crippen LogP contribution in [0.1, 0.15) is 37.4 Å². The lowest BCUT2D eigenvalue weighted by atomic mass is 10.1. The molecule has 2 aromatic rings. The average molecular weight is 354 g/mol. The van der Waals surface area contributed by atoms with Crippen LogP contribution in [0.5, 0.6) is 0 Å². The number of rotatable bonds is 7. The van der Waals surface area contributed by atoms with Gasteiger partial charge >= 0.3 is 0 Å². The molecule has 2 heterocycles. The molecule has 0 spiro atoms. The number of nitrogens with zero attached hydrogens (tertiary/aromatic N) is 4. The van der Waals surface area contributed by atoms with Gasteiger partial charge in [-0.2, -0.15) is 0 Å². The highest BCUT2D eigenvalue weighted by atomic mass is 16.1. The smallest absolute Gasteiger partial charge is 0.253 e. The zero-order valence-corrected chi connectivity index (χ0v) is 16.0. The summed E-state index contributed by atoms with van der Waals surface area (Å²) in [5, 5.41) is 0. The second kappa shape index (κ2) is 9.10. The van der Waals surface area contributed by atoms with Gasteiger partial charge in [-0.3, -0.25) is 19.2 Å². The van der Waals surface area contributed by atoms with Gasteiger partial charge in [0.2, 0.25) is 0 Å². The first-order valence-corrected chi connectivity index (χ1v) is 9.78. The first-order valence-electron chi connectivity index (χ1n) is 9.78. The summed E-state index contributed by atoms with van der Waals surface area (Å²) < 4.78 is 1.87. The molecule has 1 aliphatic rings. The predicted molar refractivity (Wildman–Crippen MR) is 105 cm³/mol. The van der Waals surface area contributed by atoms with Gasteiger partial charge in [-0.15, -0.1) is 0 Å². The van der Waals surface area contributed by atoms with E-state index in [1.165, 1.54) is 5.56 Å². The molecular weight excluding hydrogens is 324 g/mol. The number of hydrogen-bond donors (Lipinski definition) is 0. The van der Waals surface area contributed by atoms with Crippen LogP contribution < -0.4 is 5.56 Å². The van der Waals surface area contributed by atoms with E-state index in [0.29, 0.717) is 0 Å². The van der Waals surface area contributed by atoms with Crippen molar-refractivity contribution < 1.29 is 0 Å². The predicted octanol–water partition coefficient (Wildman–Crippen LogP) is 2.53. The number of hydrogen-bond acceptors (Lipinski definition) is 4. The van der Waals surface area contributed by atoms with Gasteiger partial charge in [-0.25, -0.2) is 4.98 Å². The second-order valence-corrected chi connectivity index (χ2v) is 6.98. The monoisotopic (exact) mass is 354 g/mol. The van der Waals surface area contributed by atoms with Crippen molar-refractivity contribution in [3.05, 3.63) is 63.8 Å². The normalized spacial score (nSPS) is 15.0. The van der Waals surface area contributed by atoms with Gasteiger partial charge in [0.15, 0.2) is 0 Å². The van der Waals surface area contributed by atoms with Crippen LogP contribution in [0, 0.1) is 0 Å². The van der Waals surface area contributed by atoms with Crippen LogP contribution >= 0.6 is 0 Å². The molecule has 3 rings (SSSR count). The molecule has 1 aromatic heterocycles. The Labute approximate surface area is 156 Å². The van der Waals surface area contributed by atoms with Gasteiger partial charge in [-0.05, 0) is 31.5 Å². The SMILES string of the molecule is CCN(CC)Cc1cc(=O)n2c(n1)CN(CCc1ccccc1)CCC2. The summed E-state index contributed by atoms with van der Waals surface area (Å²) in [4.78, 5) is 22.1. The summed E-state index contributed by atoms with van der Waals surface area (Å²) in [5.41, 5.74) is 2.36. The minimum absolute atomic E-state index is 0.0991. The van der Waals surface area contributed by atoms with Crippen molar-refractivity contribution in [3.63, 3.8) is 0 Å². The van der Waals surface area contributed by atoms with E-state index in [-0.39, 0.29) is 5.56 Å². The molecule has 0 N–H and O–H groups in total. The lowest BCUT2D eigenvalue weighted by Gasteiger charge is -2.21. The van der Waals surface area contributed by atoms with E-state index < -0.39 is 0 Å². The summed E-state index contributed by atoms with van der Waals surface area (Å²) in [5.74, 6) is 0.921. The third-order valence-corrected chi connectivity index (χ3v) is 5.20. The molecule has 0 atom stereocenters. The summed E-state index contributed by atoms with van der Waals surface area (Å²) in [6.07, 6.45) is 2.03. The summed E-state index contributed by atoms with van der Waals surface area (Å²) in [6, 6.07) is 12.3. The lowest BCUT2D eigenvalue weighted by molar-refractivity contribution is 0.268. The van der Waals surface area contributed by atoms with Crippen LogP contribution in [-0.2, 0) is 26.1 Å². The topological polar surface area (TPSA) is 41.4 Å². The molecule has 0 aliphatic carbocycles. The molecule has 0 amide bonds. The van der Waals surface area contributed by atoms with Crippen LogP contribution in [0.4, 0.5) is 0 Å². The van der Waals surface area contributed by atoms with Crippen molar-refractivity contribution in [2.45, 2.75) is 46.3 Å². The summed E-state index contributed by atoms with van der Waals surface area (Å²) in [6.45, 7) is 10.5.